The van der Waals surface area contributed by atoms with Crippen LogP contribution in [0.5, 0.6) is 5.75 Å². The van der Waals surface area contributed by atoms with E-state index in [0.717, 1.165) is 16.9 Å². The molecule has 0 atom stereocenters. The first-order chi connectivity index (χ1) is 14.6. The van der Waals surface area contributed by atoms with Gasteiger partial charge in [-0.05, 0) is 55.0 Å². The fourth-order valence-corrected chi connectivity index (χ4v) is 2.89. The maximum absolute atomic E-state index is 12.2. The molecule has 0 fully saturated rings. The van der Waals surface area contributed by atoms with Gasteiger partial charge in [-0.1, -0.05) is 6.07 Å². The van der Waals surface area contributed by atoms with E-state index in [1.807, 2.05) is 35.9 Å². The van der Waals surface area contributed by atoms with E-state index >= 15 is 0 Å². The lowest BCUT2D eigenvalue weighted by molar-refractivity contribution is 0.0846. The molecule has 0 radical (unpaired) electrons. The normalized spacial score (nSPS) is 10.6. The molecule has 2 amide bonds. The molecular weight excluding hydrogens is 382 g/mol. The van der Waals surface area contributed by atoms with Crippen LogP contribution < -0.4 is 15.6 Å². The predicted molar refractivity (Wildman–Crippen MR) is 110 cm³/mol. The summed E-state index contributed by atoms with van der Waals surface area (Å²) in [5, 5.41) is 0. The van der Waals surface area contributed by atoms with Gasteiger partial charge in [0.1, 0.15) is 18.0 Å². The van der Waals surface area contributed by atoms with Gasteiger partial charge in [0.05, 0.1) is 11.3 Å². The molecule has 3 heterocycles. The third-order valence-electron chi connectivity index (χ3n) is 4.44. The van der Waals surface area contributed by atoms with Crippen molar-refractivity contribution < 1.29 is 14.3 Å². The lowest BCUT2D eigenvalue weighted by atomic mass is 10.2. The van der Waals surface area contributed by atoms with Crippen molar-refractivity contribution >= 4 is 17.5 Å². The number of fused-ring (bicyclic) bond motifs is 1. The maximum atomic E-state index is 12.2. The van der Waals surface area contributed by atoms with Crippen molar-refractivity contribution in [1.82, 2.24) is 25.2 Å². The lowest BCUT2D eigenvalue weighted by Gasteiger charge is -2.08. The zero-order chi connectivity index (χ0) is 20.9. The minimum atomic E-state index is -0.445. The van der Waals surface area contributed by atoms with Crippen LogP contribution in [0.3, 0.4) is 0 Å². The third kappa shape index (κ3) is 4.27. The van der Waals surface area contributed by atoms with Crippen molar-refractivity contribution in [3.05, 3.63) is 95.7 Å². The predicted octanol–water partition coefficient (Wildman–Crippen LogP) is 2.69. The van der Waals surface area contributed by atoms with Crippen molar-refractivity contribution in [1.29, 1.82) is 0 Å². The number of amides is 2. The van der Waals surface area contributed by atoms with Crippen LogP contribution in [-0.2, 0) is 6.61 Å². The molecule has 3 aromatic heterocycles. The Kier molecular flexibility index (Phi) is 5.38. The molecule has 30 heavy (non-hydrogen) atoms. The number of aromatic nitrogens is 3. The second-order valence-electron chi connectivity index (χ2n) is 6.62. The number of imidazole rings is 1. The SMILES string of the molecule is Cc1cccn2cc(COc3ccc(C(=O)NNC(=O)c4cccnc4)cc3)nc12. The van der Waals surface area contributed by atoms with E-state index in [0.29, 0.717) is 23.5 Å². The highest BCUT2D eigenvalue weighted by Gasteiger charge is 2.10. The second kappa shape index (κ2) is 8.44. The summed E-state index contributed by atoms with van der Waals surface area (Å²) in [4.78, 5) is 32.6. The van der Waals surface area contributed by atoms with Gasteiger partial charge in [0.2, 0.25) is 0 Å². The fraction of sp³-hybridized carbons (Fsp3) is 0.0909. The average Bonchev–Trinajstić information content (AvgIpc) is 3.21. The number of ether oxygens (including phenoxy) is 1. The molecule has 0 saturated carbocycles. The van der Waals surface area contributed by atoms with Gasteiger partial charge in [-0.25, -0.2) is 4.98 Å². The van der Waals surface area contributed by atoms with E-state index in [-0.39, 0.29) is 0 Å². The first-order valence-corrected chi connectivity index (χ1v) is 9.27. The minimum absolute atomic E-state index is 0.313. The number of benzene rings is 1. The first-order valence-electron chi connectivity index (χ1n) is 9.27. The Morgan fingerprint density at radius 1 is 1.00 bits per heavy atom. The third-order valence-corrected chi connectivity index (χ3v) is 4.44. The monoisotopic (exact) mass is 401 g/mol. The number of carbonyl (C=O) groups is 2. The van der Waals surface area contributed by atoms with E-state index < -0.39 is 11.8 Å². The number of nitrogens with zero attached hydrogens (tertiary/aromatic N) is 3. The number of pyridine rings is 2. The van der Waals surface area contributed by atoms with Crippen molar-refractivity contribution in [2.45, 2.75) is 13.5 Å². The van der Waals surface area contributed by atoms with Crippen LogP contribution in [0, 0.1) is 6.92 Å². The van der Waals surface area contributed by atoms with Gasteiger partial charge in [-0.15, -0.1) is 0 Å². The van der Waals surface area contributed by atoms with Crippen LogP contribution in [0.2, 0.25) is 0 Å². The molecule has 0 spiro atoms. The Morgan fingerprint density at radius 3 is 2.47 bits per heavy atom. The number of hydrazine groups is 1. The largest absolute Gasteiger partial charge is 0.487 e. The number of hydrogen-bond donors (Lipinski definition) is 2. The molecule has 0 aliphatic carbocycles. The van der Waals surface area contributed by atoms with Crippen LogP contribution in [0.15, 0.2) is 73.3 Å². The van der Waals surface area contributed by atoms with E-state index in [1.165, 1.54) is 6.20 Å². The molecule has 8 heteroatoms. The molecule has 4 aromatic rings. The van der Waals surface area contributed by atoms with E-state index in [2.05, 4.69) is 20.8 Å². The summed E-state index contributed by atoms with van der Waals surface area (Å²) in [5.74, 6) is -0.270. The number of nitrogens with one attached hydrogen (secondary N) is 2. The Hall–Kier alpha value is -4.20. The number of aryl methyl sites for hydroxylation is 1. The van der Waals surface area contributed by atoms with Crippen molar-refractivity contribution in [2.75, 3.05) is 0 Å². The molecule has 2 N–H and O–H groups in total. The van der Waals surface area contributed by atoms with Gasteiger partial charge < -0.3 is 9.14 Å². The summed E-state index contributed by atoms with van der Waals surface area (Å²) in [6.07, 6.45) is 6.85. The van der Waals surface area contributed by atoms with Gasteiger partial charge in [0.25, 0.3) is 11.8 Å². The van der Waals surface area contributed by atoms with Crippen LogP contribution in [-0.4, -0.2) is 26.2 Å². The van der Waals surface area contributed by atoms with Gasteiger partial charge in [0, 0.05) is 30.4 Å². The van der Waals surface area contributed by atoms with Crippen LogP contribution in [0.25, 0.3) is 5.65 Å². The van der Waals surface area contributed by atoms with E-state index in [4.69, 9.17) is 4.74 Å². The number of rotatable bonds is 5. The standard InChI is InChI=1S/C22H19N5O3/c1-15-4-3-11-27-13-18(24-20(15)27)14-30-19-8-6-16(7-9-19)21(28)25-26-22(29)17-5-2-10-23-12-17/h2-13H,14H2,1H3,(H,25,28)(H,26,29). The van der Waals surface area contributed by atoms with E-state index in [9.17, 15) is 9.59 Å². The average molecular weight is 401 g/mol. The Morgan fingerprint density at radius 2 is 1.77 bits per heavy atom. The van der Waals surface area contributed by atoms with Gasteiger partial charge in [0.15, 0.2) is 0 Å². The zero-order valence-electron chi connectivity index (χ0n) is 16.2. The number of hydrogen-bond acceptors (Lipinski definition) is 5. The quantitative estimate of drug-likeness (QED) is 0.501. The fourth-order valence-electron chi connectivity index (χ4n) is 2.89. The summed E-state index contributed by atoms with van der Waals surface area (Å²) in [7, 11) is 0. The molecular formula is C22H19N5O3. The van der Waals surface area contributed by atoms with Gasteiger partial charge in [-0.2, -0.15) is 0 Å². The molecule has 0 aliphatic rings. The van der Waals surface area contributed by atoms with Crippen LogP contribution in [0.1, 0.15) is 32.0 Å². The highest BCUT2D eigenvalue weighted by molar-refractivity contribution is 5.98. The highest BCUT2D eigenvalue weighted by atomic mass is 16.5. The topological polar surface area (TPSA) is 97.6 Å². The molecule has 1 aromatic carbocycles. The zero-order valence-corrected chi connectivity index (χ0v) is 16.2. The maximum Gasteiger partial charge on any atom is 0.271 e. The van der Waals surface area contributed by atoms with Crippen LogP contribution in [0.4, 0.5) is 0 Å². The van der Waals surface area contributed by atoms with Gasteiger partial charge in [-0.3, -0.25) is 25.4 Å². The molecule has 0 bridgehead atoms. The number of carbonyl (C=O) groups excluding carboxylic acids is 2. The van der Waals surface area contributed by atoms with E-state index in [1.54, 1.807) is 42.6 Å². The summed E-state index contributed by atoms with van der Waals surface area (Å²) in [6, 6.07) is 13.8. The van der Waals surface area contributed by atoms with Gasteiger partial charge >= 0.3 is 0 Å². The Balaban J connectivity index is 1.32. The molecule has 8 nitrogen and oxygen atoms in total. The Bertz CT molecular complexity index is 1190. The first kappa shape index (κ1) is 19.1. The minimum Gasteiger partial charge on any atom is -0.487 e. The highest BCUT2D eigenvalue weighted by Crippen LogP contribution is 2.15. The van der Waals surface area contributed by atoms with Crippen LogP contribution >= 0.6 is 0 Å². The van der Waals surface area contributed by atoms with Crippen molar-refractivity contribution in [3.8, 4) is 5.75 Å². The Labute approximate surface area is 172 Å². The second-order valence-corrected chi connectivity index (χ2v) is 6.62. The smallest absolute Gasteiger partial charge is 0.271 e. The lowest BCUT2D eigenvalue weighted by Crippen LogP contribution is -2.41. The van der Waals surface area contributed by atoms with Crippen molar-refractivity contribution in [2.24, 2.45) is 0 Å². The summed E-state index contributed by atoms with van der Waals surface area (Å²) >= 11 is 0. The summed E-state index contributed by atoms with van der Waals surface area (Å²) in [5.41, 5.74) is 8.27. The molecule has 4 rings (SSSR count). The summed E-state index contributed by atoms with van der Waals surface area (Å²) in [6.45, 7) is 2.32. The molecule has 0 unspecified atom stereocenters. The van der Waals surface area contributed by atoms with Crippen molar-refractivity contribution in [3.63, 3.8) is 0 Å². The summed E-state index contributed by atoms with van der Waals surface area (Å²) < 4.78 is 7.73. The molecule has 150 valence electrons. The molecule has 0 aliphatic heterocycles. The molecule has 0 saturated heterocycles.